The van der Waals surface area contributed by atoms with Crippen molar-refractivity contribution < 1.29 is 23.4 Å². The number of carbonyl (C=O) groups excluding carboxylic acids is 1. The average molecular weight is 457 g/mol. The van der Waals surface area contributed by atoms with Crippen molar-refractivity contribution in [3.05, 3.63) is 50.8 Å². The first-order valence-corrected chi connectivity index (χ1v) is 10.1. The number of hydrogen-bond acceptors (Lipinski definition) is 6. The first-order valence-electron chi connectivity index (χ1n) is 9.75. The number of nitrogens with zero attached hydrogens (tertiary/aromatic N) is 3. The fraction of sp³-hybridized carbons (Fsp3) is 0.450. The van der Waals surface area contributed by atoms with Crippen molar-refractivity contribution in [2.75, 3.05) is 24.6 Å². The molecule has 0 spiro atoms. The van der Waals surface area contributed by atoms with Crippen LogP contribution in [0.25, 0.3) is 0 Å². The minimum atomic E-state index is -0.783. The van der Waals surface area contributed by atoms with Crippen molar-refractivity contribution in [1.82, 2.24) is 14.9 Å². The second-order valence-electron chi connectivity index (χ2n) is 7.48. The molecule has 1 fully saturated rings. The highest BCUT2D eigenvalue weighted by molar-refractivity contribution is 6.31. The van der Waals surface area contributed by atoms with E-state index in [1.165, 1.54) is 10.6 Å². The van der Waals surface area contributed by atoms with Gasteiger partial charge in [-0.2, -0.15) is 4.98 Å². The van der Waals surface area contributed by atoms with Gasteiger partial charge in [-0.1, -0.05) is 11.6 Å². The van der Waals surface area contributed by atoms with Crippen LogP contribution in [0.4, 0.5) is 14.7 Å². The topological polar surface area (TPSA) is 96.7 Å². The zero-order chi connectivity index (χ0) is 22.7. The number of rotatable bonds is 7. The summed E-state index contributed by atoms with van der Waals surface area (Å²) in [5.41, 5.74) is -0.430. The standard InChI is InChI=1S/C20H23ClF2N4O4/c1-11(2)27-19(30)17(21)18(31-10-12-3-4-13(22)7-15(12)23)25-20(27)26-6-5-14(8-26)24-16(29)9-28/h3-4,7,11,14,28H,5-6,8-10H2,1-2H3,(H,24,29)/t14-/m1/s1. The maximum atomic E-state index is 13.9. The van der Waals surface area contributed by atoms with E-state index in [2.05, 4.69) is 10.3 Å². The van der Waals surface area contributed by atoms with Crippen LogP contribution in [0.2, 0.25) is 5.02 Å². The quantitative estimate of drug-likeness (QED) is 0.661. The van der Waals surface area contributed by atoms with Crippen LogP contribution in [-0.4, -0.2) is 46.3 Å². The van der Waals surface area contributed by atoms with Crippen LogP contribution in [-0.2, 0) is 11.4 Å². The van der Waals surface area contributed by atoms with E-state index in [1.807, 2.05) is 4.90 Å². The van der Waals surface area contributed by atoms with Gasteiger partial charge in [0.15, 0.2) is 5.02 Å². The third-order valence-corrected chi connectivity index (χ3v) is 5.21. The summed E-state index contributed by atoms with van der Waals surface area (Å²) in [5, 5.41) is 11.4. The predicted octanol–water partition coefficient (Wildman–Crippen LogP) is 2.02. The molecule has 0 radical (unpaired) electrons. The number of anilines is 1. The predicted molar refractivity (Wildman–Crippen MR) is 110 cm³/mol. The van der Waals surface area contributed by atoms with Crippen LogP contribution < -0.4 is 20.5 Å². The van der Waals surface area contributed by atoms with E-state index in [9.17, 15) is 18.4 Å². The first kappa shape index (κ1) is 23.0. The Labute approximate surface area is 182 Å². The minimum absolute atomic E-state index is 0.0850. The number of carbonyl (C=O) groups is 1. The summed E-state index contributed by atoms with van der Waals surface area (Å²) in [6.07, 6.45) is 0.597. The van der Waals surface area contributed by atoms with Crippen LogP contribution >= 0.6 is 11.6 Å². The molecular formula is C20H23ClF2N4O4. The molecule has 2 N–H and O–H groups in total. The Kier molecular flexibility index (Phi) is 7.11. The number of amides is 1. The second-order valence-corrected chi connectivity index (χ2v) is 7.86. The largest absolute Gasteiger partial charge is 0.471 e. The summed E-state index contributed by atoms with van der Waals surface area (Å²) in [7, 11) is 0. The molecule has 0 saturated carbocycles. The molecule has 1 atom stereocenters. The van der Waals surface area contributed by atoms with E-state index in [-0.39, 0.29) is 35.2 Å². The van der Waals surface area contributed by atoms with E-state index in [0.717, 1.165) is 12.1 Å². The van der Waals surface area contributed by atoms with Crippen molar-refractivity contribution in [2.45, 2.75) is 39.0 Å². The molecule has 11 heteroatoms. The monoisotopic (exact) mass is 456 g/mol. The maximum absolute atomic E-state index is 13.9. The van der Waals surface area contributed by atoms with Crippen molar-refractivity contribution in [3.8, 4) is 5.88 Å². The molecule has 3 rings (SSSR count). The normalized spacial score (nSPS) is 16.1. The molecule has 1 aliphatic heterocycles. The van der Waals surface area contributed by atoms with E-state index in [4.69, 9.17) is 21.4 Å². The van der Waals surface area contributed by atoms with Crippen LogP contribution in [0.3, 0.4) is 0 Å². The summed E-state index contributed by atoms with van der Waals surface area (Å²) in [6, 6.07) is 2.60. The third-order valence-electron chi connectivity index (χ3n) is 4.89. The number of aromatic nitrogens is 2. The molecule has 8 nitrogen and oxygen atoms in total. The Morgan fingerprint density at radius 2 is 2.16 bits per heavy atom. The summed E-state index contributed by atoms with van der Waals surface area (Å²) in [6.45, 7) is 3.58. The summed E-state index contributed by atoms with van der Waals surface area (Å²) >= 11 is 6.19. The first-order chi connectivity index (χ1) is 14.7. The third kappa shape index (κ3) is 5.13. The van der Waals surface area contributed by atoms with Crippen molar-refractivity contribution in [1.29, 1.82) is 0 Å². The minimum Gasteiger partial charge on any atom is -0.471 e. The van der Waals surface area contributed by atoms with Gasteiger partial charge in [0.1, 0.15) is 24.8 Å². The zero-order valence-corrected chi connectivity index (χ0v) is 17.8. The molecule has 1 aromatic carbocycles. The molecule has 1 saturated heterocycles. The van der Waals surface area contributed by atoms with Crippen molar-refractivity contribution in [3.63, 3.8) is 0 Å². The van der Waals surface area contributed by atoms with Crippen molar-refractivity contribution in [2.24, 2.45) is 0 Å². The summed E-state index contributed by atoms with van der Waals surface area (Å²) < 4.78 is 33.9. The highest BCUT2D eigenvalue weighted by atomic mass is 35.5. The van der Waals surface area contributed by atoms with E-state index < -0.39 is 29.7 Å². The molecule has 0 aliphatic carbocycles. The van der Waals surface area contributed by atoms with Gasteiger partial charge in [0.05, 0.1) is 0 Å². The lowest BCUT2D eigenvalue weighted by Crippen LogP contribution is -2.40. The fourth-order valence-electron chi connectivity index (χ4n) is 3.38. The fourth-order valence-corrected chi connectivity index (χ4v) is 3.57. The van der Waals surface area contributed by atoms with Gasteiger partial charge < -0.3 is 20.1 Å². The molecule has 2 heterocycles. The second kappa shape index (κ2) is 9.61. The highest BCUT2D eigenvalue weighted by Gasteiger charge is 2.29. The lowest BCUT2D eigenvalue weighted by molar-refractivity contribution is -0.124. The molecule has 0 unspecified atom stereocenters. The highest BCUT2D eigenvalue weighted by Crippen LogP contribution is 2.27. The molecule has 168 valence electrons. The van der Waals surface area contributed by atoms with Gasteiger partial charge >= 0.3 is 0 Å². The SMILES string of the molecule is CC(C)n1c(N2CC[C@@H](NC(=O)CO)C2)nc(OCc2ccc(F)cc2F)c(Cl)c1=O. The Morgan fingerprint density at radius 3 is 2.81 bits per heavy atom. The Hall–Kier alpha value is -2.72. The van der Waals surface area contributed by atoms with Gasteiger partial charge in [0.25, 0.3) is 5.56 Å². The number of benzene rings is 1. The number of nitrogens with one attached hydrogen (secondary N) is 1. The van der Waals surface area contributed by atoms with E-state index >= 15 is 0 Å². The maximum Gasteiger partial charge on any atom is 0.277 e. The lowest BCUT2D eigenvalue weighted by atomic mass is 10.2. The van der Waals surface area contributed by atoms with Gasteiger partial charge in [0.2, 0.25) is 17.7 Å². The number of aliphatic hydroxyl groups is 1. The molecular weight excluding hydrogens is 434 g/mol. The van der Waals surface area contributed by atoms with Gasteiger partial charge in [-0.25, -0.2) is 8.78 Å². The Bertz CT molecular complexity index is 1030. The van der Waals surface area contributed by atoms with Gasteiger partial charge in [-0.15, -0.1) is 0 Å². The lowest BCUT2D eigenvalue weighted by Gasteiger charge is -2.25. The van der Waals surface area contributed by atoms with Crippen LogP contribution in [0.5, 0.6) is 5.88 Å². The average Bonchev–Trinajstić information content (AvgIpc) is 3.17. The molecule has 31 heavy (non-hydrogen) atoms. The van der Waals surface area contributed by atoms with Crippen LogP contribution in [0, 0.1) is 11.6 Å². The van der Waals surface area contributed by atoms with E-state index in [0.29, 0.717) is 25.5 Å². The number of ether oxygens (including phenoxy) is 1. The van der Waals surface area contributed by atoms with Gasteiger partial charge in [-0.3, -0.25) is 14.2 Å². The Morgan fingerprint density at radius 1 is 1.42 bits per heavy atom. The molecule has 1 amide bonds. The van der Waals surface area contributed by atoms with Crippen LogP contribution in [0.1, 0.15) is 31.9 Å². The number of hydrogen-bond donors (Lipinski definition) is 2. The zero-order valence-electron chi connectivity index (χ0n) is 17.1. The molecule has 1 aliphatic rings. The molecule has 2 aromatic rings. The van der Waals surface area contributed by atoms with Gasteiger partial charge in [0, 0.05) is 36.8 Å². The number of halogens is 3. The smallest absolute Gasteiger partial charge is 0.277 e. The van der Waals surface area contributed by atoms with Crippen LogP contribution in [0.15, 0.2) is 23.0 Å². The summed E-state index contributed by atoms with van der Waals surface area (Å²) in [5.74, 6) is -1.84. The van der Waals surface area contributed by atoms with Crippen molar-refractivity contribution >= 4 is 23.5 Å². The van der Waals surface area contributed by atoms with Gasteiger partial charge in [-0.05, 0) is 32.4 Å². The summed E-state index contributed by atoms with van der Waals surface area (Å²) in [4.78, 5) is 30.6. The number of aliphatic hydroxyl groups excluding tert-OH is 1. The molecule has 0 bridgehead atoms. The molecule has 1 aromatic heterocycles. The van der Waals surface area contributed by atoms with E-state index in [1.54, 1.807) is 13.8 Å². The Balaban J connectivity index is 1.89.